The number of aromatic nitrogens is 2. The maximum atomic E-state index is 12.2. The second-order valence-electron chi connectivity index (χ2n) is 5.61. The van der Waals surface area contributed by atoms with Crippen LogP contribution in [0.3, 0.4) is 0 Å². The third-order valence-electron chi connectivity index (χ3n) is 3.83. The van der Waals surface area contributed by atoms with Gasteiger partial charge in [0.2, 0.25) is 5.75 Å². The fourth-order valence-electron chi connectivity index (χ4n) is 2.25. The molecule has 0 spiro atoms. The summed E-state index contributed by atoms with van der Waals surface area (Å²) in [6.45, 7) is 3.94. The van der Waals surface area contributed by atoms with Crippen LogP contribution in [0, 0.1) is 0 Å². The van der Waals surface area contributed by atoms with Gasteiger partial charge < -0.3 is 24.8 Å². The number of rotatable bonds is 8. The van der Waals surface area contributed by atoms with E-state index in [2.05, 4.69) is 20.6 Å². The Balaban J connectivity index is 2.26. The maximum Gasteiger partial charge on any atom is 0.270 e. The number of nitrogens with one attached hydrogen (secondary N) is 2. The Morgan fingerprint density at radius 2 is 1.73 bits per heavy atom. The normalized spacial score (nSPS) is 11.4. The van der Waals surface area contributed by atoms with Crippen molar-refractivity contribution >= 4 is 17.4 Å². The molecule has 8 nitrogen and oxygen atoms in total. The first-order chi connectivity index (χ1) is 12.5. The van der Waals surface area contributed by atoms with Crippen LogP contribution >= 0.6 is 0 Å². The van der Waals surface area contributed by atoms with Gasteiger partial charge in [0.25, 0.3) is 5.91 Å². The van der Waals surface area contributed by atoms with E-state index in [0.717, 1.165) is 6.42 Å². The molecule has 0 aliphatic rings. The molecule has 8 heteroatoms. The van der Waals surface area contributed by atoms with E-state index >= 15 is 0 Å². The first-order valence-corrected chi connectivity index (χ1v) is 8.22. The van der Waals surface area contributed by atoms with Crippen molar-refractivity contribution in [3.63, 3.8) is 0 Å². The third kappa shape index (κ3) is 4.53. The minimum Gasteiger partial charge on any atom is -0.493 e. The Bertz CT molecular complexity index is 742. The van der Waals surface area contributed by atoms with Crippen molar-refractivity contribution in [2.45, 2.75) is 26.3 Å². The quantitative estimate of drug-likeness (QED) is 0.747. The second-order valence-corrected chi connectivity index (χ2v) is 5.61. The molecule has 1 amide bonds. The smallest absolute Gasteiger partial charge is 0.270 e. The molecular formula is C18H24N4O4. The van der Waals surface area contributed by atoms with Crippen molar-refractivity contribution in [1.82, 2.24) is 15.3 Å². The van der Waals surface area contributed by atoms with E-state index in [0.29, 0.717) is 28.8 Å². The molecule has 1 aromatic carbocycles. The van der Waals surface area contributed by atoms with E-state index in [9.17, 15) is 4.79 Å². The summed E-state index contributed by atoms with van der Waals surface area (Å²) in [7, 11) is 4.63. The maximum absolute atomic E-state index is 12.2. The van der Waals surface area contributed by atoms with Crippen LogP contribution in [-0.2, 0) is 0 Å². The summed E-state index contributed by atoms with van der Waals surface area (Å²) in [4.78, 5) is 20.4. The number of hydrogen-bond donors (Lipinski definition) is 2. The van der Waals surface area contributed by atoms with Gasteiger partial charge in [-0.3, -0.25) is 4.79 Å². The van der Waals surface area contributed by atoms with E-state index in [-0.39, 0.29) is 17.6 Å². The fraction of sp³-hybridized carbons (Fsp3) is 0.389. The summed E-state index contributed by atoms with van der Waals surface area (Å²) in [5.41, 5.74) is 0.960. The summed E-state index contributed by atoms with van der Waals surface area (Å²) in [5, 5.41) is 6.00. The Kier molecular flexibility index (Phi) is 6.60. The zero-order chi connectivity index (χ0) is 19.1. The van der Waals surface area contributed by atoms with Gasteiger partial charge >= 0.3 is 0 Å². The van der Waals surface area contributed by atoms with Gasteiger partial charge in [0.15, 0.2) is 11.5 Å². The van der Waals surface area contributed by atoms with Gasteiger partial charge in [-0.1, -0.05) is 6.92 Å². The molecule has 1 aromatic heterocycles. The van der Waals surface area contributed by atoms with Crippen molar-refractivity contribution in [3.8, 4) is 17.2 Å². The van der Waals surface area contributed by atoms with Gasteiger partial charge in [-0.25, -0.2) is 9.97 Å². The topological polar surface area (TPSA) is 94.6 Å². The van der Waals surface area contributed by atoms with E-state index in [1.54, 1.807) is 39.5 Å². The van der Waals surface area contributed by atoms with Gasteiger partial charge in [-0.15, -0.1) is 0 Å². The van der Waals surface area contributed by atoms with Crippen LogP contribution in [0.15, 0.2) is 24.5 Å². The van der Waals surface area contributed by atoms with Crippen LogP contribution in [0.1, 0.15) is 30.8 Å². The Hall–Kier alpha value is -3.03. The number of benzene rings is 1. The molecule has 0 fully saturated rings. The van der Waals surface area contributed by atoms with Gasteiger partial charge in [0, 0.05) is 29.9 Å². The van der Waals surface area contributed by atoms with Crippen LogP contribution in [0.2, 0.25) is 0 Å². The van der Waals surface area contributed by atoms with Crippen LogP contribution in [0.5, 0.6) is 17.2 Å². The molecule has 0 radical (unpaired) electrons. The monoisotopic (exact) mass is 360 g/mol. The highest BCUT2D eigenvalue weighted by atomic mass is 16.5. The minimum absolute atomic E-state index is 0.0731. The largest absolute Gasteiger partial charge is 0.493 e. The predicted molar refractivity (Wildman–Crippen MR) is 98.6 cm³/mol. The molecule has 1 unspecified atom stereocenters. The number of carbonyl (C=O) groups excluding carboxylic acids is 1. The van der Waals surface area contributed by atoms with Crippen molar-refractivity contribution in [2.24, 2.45) is 0 Å². The van der Waals surface area contributed by atoms with Crippen molar-refractivity contribution < 1.29 is 19.0 Å². The number of carbonyl (C=O) groups is 1. The number of methoxy groups -OCH3 is 3. The minimum atomic E-state index is -0.241. The molecule has 0 bridgehead atoms. The molecule has 0 aliphatic heterocycles. The van der Waals surface area contributed by atoms with Gasteiger partial charge in [-0.2, -0.15) is 0 Å². The molecule has 140 valence electrons. The molecular weight excluding hydrogens is 336 g/mol. The number of hydrogen-bond acceptors (Lipinski definition) is 7. The number of amides is 1. The molecule has 2 rings (SSSR count). The van der Waals surface area contributed by atoms with Gasteiger partial charge in [0.05, 0.1) is 21.3 Å². The lowest BCUT2D eigenvalue weighted by molar-refractivity contribution is 0.0934. The van der Waals surface area contributed by atoms with E-state index in [4.69, 9.17) is 14.2 Å². The SMILES string of the molecule is CCC(C)NC(=O)c1cc(Nc2cc(OC)c(OC)c(OC)c2)ncn1. The summed E-state index contributed by atoms with van der Waals surface area (Å²) < 4.78 is 16.0. The Morgan fingerprint density at radius 1 is 1.08 bits per heavy atom. The van der Waals surface area contributed by atoms with E-state index in [1.807, 2.05) is 13.8 Å². The molecule has 1 atom stereocenters. The van der Waals surface area contributed by atoms with Crippen molar-refractivity contribution in [3.05, 3.63) is 30.2 Å². The van der Waals surface area contributed by atoms with Crippen LogP contribution in [0.25, 0.3) is 0 Å². The number of ether oxygens (including phenoxy) is 3. The van der Waals surface area contributed by atoms with Crippen LogP contribution in [0.4, 0.5) is 11.5 Å². The Morgan fingerprint density at radius 3 is 2.27 bits per heavy atom. The van der Waals surface area contributed by atoms with Crippen LogP contribution < -0.4 is 24.8 Å². The highest BCUT2D eigenvalue weighted by Gasteiger charge is 2.15. The molecule has 26 heavy (non-hydrogen) atoms. The standard InChI is InChI=1S/C18H24N4O4/c1-6-11(2)21-18(23)13-9-16(20-10-19-13)22-12-7-14(24-3)17(26-5)15(8-12)25-4/h7-11H,6H2,1-5H3,(H,21,23)(H,19,20,22). The zero-order valence-corrected chi connectivity index (χ0v) is 15.6. The molecule has 0 saturated carbocycles. The lowest BCUT2D eigenvalue weighted by Crippen LogP contribution is -2.32. The molecule has 2 N–H and O–H groups in total. The second kappa shape index (κ2) is 8.89. The number of nitrogens with zero attached hydrogens (tertiary/aromatic N) is 2. The summed E-state index contributed by atoms with van der Waals surface area (Å²) in [6.07, 6.45) is 2.18. The fourth-order valence-corrected chi connectivity index (χ4v) is 2.25. The third-order valence-corrected chi connectivity index (χ3v) is 3.83. The van der Waals surface area contributed by atoms with Gasteiger partial charge in [0.1, 0.15) is 17.8 Å². The van der Waals surface area contributed by atoms with Crippen LogP contribution in [-0.4, -0.2) is 43.2 Å². The molecule has 1 heterocycles. The summed E-state index contributed by atoms with van der Waals surface area (Å²) in [6, 6.07) is 5.16. The first kappa shape index (κ1) is 19.3. The lowest BCUT2D eigenvalue weighted by Gasteiger charge is -2.15. The molecule has 2 aromatic rings. The van der Waals surface area contributed by atoms with E-state index in [1.165, 1.54) is 6.33 Å². The summed E-state index contributed by atoms with van der Waals surface area (Å²) in [5.74, 6) is 1.76. The Labute approximate surface area is 152 Å². The lowest BCUT2D eigenvalue weighted by atomic mass is 10.2. The molecule has 0 saturated heterocycles. The summed E-state index contributed by atoms with van der Waals surface area (Å²) >= 11 is 0. The van der Waals surface area contributed by atoms with Gasteiger partial charge in [-0.05, 0) is 13.3 Å². The zero-order valence-electron chi connectivity index (χ0n) is 15.6. The number of anilines is 2. The average Bonchev–Trinajstić information content (AvgIpc) is 2.67. The molecule has 0 aliphatic carbocycles. The van der Waals surface area contributed by atoms with Crippen molar-refractivity contribution in [2.75, 3.05) is 26.6 Å². The van der Waals surface area contributed by atoms with E-state index < -0.39 is 0 Å². The predicted octanol–water partition coefficient (Wildman–Crippen LogP) is 2.77. The highest BCUT2D eigenvalue weighted by molar-refractivity contribution is 5.93. The first-order valence-electron chi connectivity index (χ1n) is 8.22. The highest BCUT2D eigenvalue weighted by Crippen LogP contribution is 2.40. The van der Waals surface area contributed by atoms with Crippen molar-refractivity contribution in [1.29, 1.82) is 0 Å². The average molecular weight is 360 g/mol.